The van der Waals surface area contributed by atoms with Gasteiger partial charge in [-0.15, -0.1) is 24.8 Å². The molecule has 2 aliphatic heterocycles. The molecular weight excluding hydrogens is 466 g/mol. The minimum absolute atomic E-state index is 0. The van der Waals surface area contributed by atoms with Gasteiger partial charge >= 0.3 is 0 Å². The molecule has 10 heteroatoms. The summed E-state index contributed by atoms with van der Waals surface area (Å²) >= 11 is 11.7. The monoisotopic (exact) mass is 494 g/mol. The molecule has 4 heterocycles. The van der Waals surface area contributed by atoms with Crippen molar-refractivity contribution in [1.29, 1.82) is 0 Å². The predicted octanol–water partition coefficient (Wildman–Crippen LogP) is 4.17. The summed E-state index contributed by atoms with van der Waals surface area (Å²) in [7, 11) is 0. The Kier molecular flexibility index (Phi) is 9.93. The maximum absolute atomic E-state index is 6.04. The lowest BCUT2D eigenvalue weighted by Crippen LogP contribution is -2.39. The molecule has 4 N–H and O–H groups in total. The van der Waals surface area contributed by atoms with Crippen LogP contribution in [0.4, 0.5) is 11.6 Å². The van der Waals surface area contributed by atoms with E-state index in [0.29, 0.717) is 10.3 Å². The molecule has 30 heavy (non-hydrogen) atoms. The van der Waals surface area contributed by atoms with E-state index in [-0.39, 0.29) is 35.9 Å². The fourth-order valence-electron chi connectivity index (χ4n) is 3.51. The largest absolute Gasteiger partial charge is 0.355 e. The van der Waals surface area contributed by atoms with Gasteiger partial charge in [-0.05, 0) is 51.0 Å². The van der Waals surface area contributed by atoms with Crippen molar-refractivity contribution in [3.8, 4) is 0 Å². The molecule has 0 aliphatic carbocycles. The number of rotatable bonds is 2. The highest BCUT2D eigenvalue weighted by Crippen LogP contribution is 2.25. The van der Waals surface area contributed by atoms with Crippen molar-refractivity contribution in [2.24, 2.45) is 11.5 Å². The Bertz CT molecular complexity index is 750. The van der Waals surface area contributed by atoms with Gasteiger partial charge < -0.3 is 21.3 Å². The quantitative estimate of drug-likeness (QED) is 0.608. The SMILES string of the molecule is CC1(N)CCN(c2cccc(Cl)n2)C1.CC1(N)CCN(c2cccc(Cl)n2)C1.Cl.Cl. The van der Waals surface area contributed by atoms with Crippen LogP contribution in [-0.4, -0.2) is 47.2 Å². The molecule has 2 aromatic heterocycles. The third-order valence-electron chi connectivity index (χ3n) is 5.06. The molecular formula is C20H30Cl4N6. The first-order valence-corrected chi connectivity index (χ1v) is 10.2. The number of pyridine rings is 2. The van der Waals surface area contributed by atoms with E-state index in [1.165, 1.54) is 0 Å². The average molecular weight is 496 g/mol. The number of aromatic nitrogens is 2. The Balaban J connectivity index is 0.000000281. The maximum atomic E-state index is 6.04. The number of hydrogen-bond acceptors (Lipinski definition) is 6. The minimum Gasteiger partial charge on any atom is -0.355 e. The molecule has 2 atom stereocenters. The van der Waals surface area contributed by atoms with Gasteiger partial charge in [0.15, 0.2) is 0 Å². The second-order valence-electron chi connectivity index (χ2n) is 8.29. The molecule has 6 nitrogen and oxygen atoms in total. The maximum Gasteiger partial charge on any atom is 0.131 e. The van der Waals surface area contributed by atoms with E-state index in [4.69, 9.17) is 34.7 Å². The smallest absolute Gasteiger partial charge is 0.131 e. The van der Waals surface area contributed by atoms with Crippen LogP contribution in [0.3, 0.4) is 0 Å². The van der Waals surface area contributed by atoms with E-state index in [0.717, 1.165) is 50.7 Å². The van der Waals surface area contributed by atoms with Gasteiger partial charge in [-0.25, -0.2) is 9.97 Å². The fourth-order valence-corrected chi connectivity index (χ4v) is 3.83. The highest BCUT2D eigenvalue weighted by atomic mass is 35.5. The predicted molar refractivity (Wildman–Crippen MR) is 132 cm³/mol. The third kappa shape index (κ3) is 7.59. The number of halogens is 4. The molecule has 2 saturated heterocycles. The summed E-state index contributed by atoms with van der Waals surface area (Å²) in [6.07, 6.45) is 2.00. The van der Waals surface area contributed by atoms with Crippen LogP contribution in [0.5, 0.6) is 0 Å². The first-order valence-electron chi connectivity index (χ1n) is 9.46. The average Bonchev–Trinajstić information content (AvgIpc) is 3.17. The molecule has 0 amide bonds. The summed E-state index contributed by atoms with van der Waals surface area (Å²) in [5, 5.41) is 1.07. The Labute approximate surface area is 201 Å². The minimum atomic E-state index is -0.0933. The van der Waals surface area contributed by atoms with Crippen LogP contribution < -0.4 is 21.3 Å². The summed E-state index contributed by atoms with van der Waals surface area (Å²) in [5.74, 6) is 1.85. The molecule has 2 aromatic rings. The van der Waals surface area contributed by atoms with E-state index in [1.807, 2.05) is 24.3 Å². The van der Waals surface area contributed by atoms with Gasteiger partial charge in [0.2, 0.25) is 0 Å². The zero-order valence-electron chi connectivity index (χ0n) is 17.2. The van der Waals surface area contributed by atoms with Crippen LogP contribution in [-0.2, 0) is 0 Å². The molecule has 0 bridgehead atoms. The van der Waals surface area contributed by atoms with Crippen molar-refractivity contribution in [3.05, 3.63) is 46.7 Å². The summed E-state index contributed by atoms with van der Waals surface area (Å²) in [6.45, 7) is 7.75. The lowest BCUT2D eigenvalue weighted by atomic mass is 10.0. The first kappa shape index (κ1) is 27.0. The second kappa shape index (κ2) is 11.0. The van der Waals surface area contributed by atoms with Crippen LogP contribution in [0, 0.1) is 0 Å². The summed E-state index contributed by atoms with van der Waals surface area (Å²) in [4.78, 5) is 12.9. The molecule has 4 rings (SSSR count). The van der Waals surface area contributed by atoms with E-state index in [9.17, 15) is 0 Å². The summed E-state index contributed by atoms with van der Waals surface area (Å²) < 4.78 is 0. The Hall–Kier alpha value is -1.02. The van der Waals surface area contributed by atoms with Crippen molar-refractivity contribution < 1.29 is 0 Å². The molecule has 0 aromatic carbocycles. The molecule has 0 saturated carbocycles. The standard InChI is InChI=1S/2C10H14ClN3.2ClH/c2*1-10(12)5-6-14(7-10)9-4-2-3-8(11)13-9;;/h2*2-4H,5-7,12H2,1H3;2*1H. The Morgan fingerprint density at radius 1 is 0.767 bits per heavy atom. The van der Waals surface area contributed by atoms with Crippen molar-refractivity contribution >= 4 is 59.7 Å². The Morgan fingerprint density at radius 3 is 1.40 bits per heavy atom. The molecule has 168 valence electrons. The molecule has 0 spiro atoms. The summed E-state index contributed by atoms with van der Waals surface area (Å²) in [5.41, 5.74) is 11.9. The van der Waals surface area contributed by atoms with Gasteiger partial charge in [-0.3, -0.25) is 0 Å². The van der Waals surface area contributed by atoms with E-state index in [1.54, 1.807) is 12.1 Å². The van der Waals surface area contributed by atoms with Crippen LogP contribution in [0.15, 0.2) is 36.4 Å². The molecule has 2 fully saturated rings. The van der Waals surface area contributed by atoms with Gasteiger partial charge in [-0.2, -0.15) is 0 Å². The van der Waals surface area contributed by atoms with Gasteiger partial charge in [-0.1, -0.05) is 35.3 Å². The van der Waals surface area contributed by atoms with Gasteiger partial charge in [0.25, 0.3) is 0 Å². The lowest BCUT2D eigenvalue weighted by Gasteiger charge is -2.20. The van der Waals surface area contributed by atoms with Gasteiger partial charge in [0, 0.05) is 37.3 Å². The third-order valence-corrected chi connectivity index (χ3v) is 5.48. The summed E-state index contributed by atoms with van der Waals surface area (Å²) in [6, 6.07) is 11.3. The van der Waals surface area contributed by atoms with E-state index < -0.39 is 0 Å². The van der Waals surface area contributed by atoms with Crippen LogP contribution in [0.1, 0.15) is 26.7 Å². The highest BCUT2D eigenvalue weighted by molar-refractivity contribution is 6.29. The normalized spacial score (nSPS) is 25.1. The number of hydrogen-bond donors (Lipinski definition) is 2. The van der Waals surface area contributed by atoms with Crippen molar-refractivity contribution in [1.82, 2.24) is 9.97 Å². The lowest BCUT2D eigenvalue weighted by molar-refractivity contribution is 0.524. The van der Waals surface area contributed by atoms with Crippen molar-refractivity contribution in [2.75, 3.05) is 36.0 Å². The van der Waals surface area contributed by atoms with Crippen molar-refractivity contribution in [3.63, 3.8) is 0 Å². The second-order valence-corrected chi connectivity index (χ2v) is 9.06. The van der Waals surface area contributed by atoms with E-state index in [2.05, 4.69) is 33.6 Å². The molecule has 2 unspecified atom stereocenters. The van der Waals surface area contributed by atoms with E-state index >= 15 is 0 Å². The molecule has 2 aliphatic rings. The van der Waals surface area contributed by atoms with Crippen LogP contribution in [0.25, 0.3) is 0 Å². The van der Waals surface area contributed by atoms with Crippen LogP contribution in [0.2, 0.25) is 10.3 Å². The zero-order chi connectivity index (χ0) is 20.4. The fraction of sp³-hybridized carbons (Fsp3) is 0.500. The van der Waals surface area contributed by atoms with Gasteiger partial charge in [0.1, 0.15) is 21.9 Å². The Morgan fingerprint density at radius 2 is 1.13 bits per heavy atom. The van der Waals surface area contributed by atoms with Gasteiger partial charge in [0.05, 0.1) is 0 Å². The van der Waals surface area contributed by atoms with Crippen LogP contribution >= 0.6 is 48.0 Å². The zero-order valence-corrected chi connectivity index (χ0v) is 20.4. The first-order chi connectivity index (χ1) is 13.1. The number of nitrogens with zero attached hydrogens (tertiary/aromatic N) is 4. The molecule has 0 radical (unpaired) electrons. The number of nitrogens with two attached hydrogens (primary N) is 2. The number of anilines is 2. The topological polar surface area (TPSA) is 84.3 Å². The highest BCUT2D eigenvalue weighted by Gasteiger charge is 2.31. The van der Waals surface area contributed by atoms with Crippen molar-refractivity contribution in [2.45, 2.75) is 37.8 Å².